The lowest BCUT2D eigenvalue weighted by atomic mass is 10.2. The molecule has 10 nitrogen and oxygen atoms in total. The van der Waals surface area contributed by atoms with E-state index in [1.807, 2.05) is 31.2 Å². The molecule has 5 rings (SSSR count). The molecule has 3 aliphatic rings. The summed E-state index contributed by atoms with van der Waals surface area (Å²) in [6.45, 7) is 3.96. The number of carbonyl (C=O) groups excluding carboxylic acids is 2. The highest BCUT2D eigenvalue weighted by Crippen LogP contribution is 2.24. The third kappa shape index (κ3) is 4.45. The highest BCUT2D eigenvalue weighted by Gasteiger charge is 2.37. The normalized spacial score (nSPS) is 18.7. The van der Waals surface area contributed by atoms with Gasteiger partial charge in [-0.15, -0.1) is 0 Å². The number of urea groups is 1. The highest BCUT2D eigenvalue weighted by molar-refractivity contribution is 7.89. The van der Waals surface area contributed by atoms with Crippen LogP contribution in [-0.2, 0) is 14.8 Å². The van der Waals surface area contributed by atoms with E-state index in [0.29, 0.717) is 43.2 Å². The van der Waals surface area contributed by atoms with E-state index in [-0.39, 0.29) is 28.8 Å². The van der Waals surface area contributed by atoms with Crippen molar-refractivity contribution in [2.24, 2.45) is 15.0 Å². The van der Waals surface area contributed by atoms with Crippen LogP contribution in [0.5, 0.6) is 0 Å². The van der Waals surface area contributed by atoms with Gasteiger partial charge in [-0.1, -0.05) is 18.5 Å². The van der Waals surface area contributed by atoms with Gasteiger partial charge in [0.15, 0.2) is 17.4 Å². The molecule has 0 N–H and O–H groups in total. The van der Waals surface area contributed by atoms with Crippen LogP contribution in [0, 0.1) is 0 Å². The molecule has 0 aliphatic carbocycles. The van der Waals surface area contributed by atoms with Crippen molar-refractivity contribution in [3.05, 3.63) is 59.1 Å². The van der Waals surface area contributed by atoms with E-state index in [9.17, 15) is 18.0 Å². The Bertz CT molecular complexity index is 1410. The number of nitrogens with zero attached hydrogens (tertiary/aromatic N) is 6. The number of hydrogen-bond acceptors (Lipinski definition) is 7. The molecule has 36 heavy (non-hydrogen) atoms. The molecule has 0 spiro atoms. The first kappa shape index (κ1) is 24.3. The van der Waals surface area contributed by atoms with Gasteiger partial charge in [-0.25, -0.2) is 23.2 Å². The zero-order valence-corrected chi connectivity index (χ0v) is 21.0. The fourth-order valence-corrected chi connectivity index (χ4v) is 5.78. The smallest absolute Gasteiger partial charge is 0.352 e. The third-order valence-electron chi connectivity index (χ3n) is 6.15. The maximum absolute atomic E-state index is 13.2. The first-order valence-corrected chi connectivity index (χ1v) is 13.3. The van der Waals surface area contributed by atoms with Crippen LogP contribution in [0.4, 0.5) is 10.5 Å². The van der Waals surface area contributed by atoms with E-state index in [2.05, 4.69) is 19.9 Å². The Morgan fingerprint density at radius 3 is 2.17 bits per heavy atom. The lowest BCUT2D eigenvalue weighted by Gasteiger charge is -2.35. The second-order valence-corrected chi connectivity index (χ2v) is 10.8. The Labute approximate surface area is 213 Å². The average molecular weight is 527 g/mol. The van der Waals surface area contributed by atoms with E-state index in [4.69, 9.17) is 11.6 Å². The first-order valence-electron chi connectivity index (χ1n) is 11.5. The first-order chi connectivity index (χ1) is 17.3. The minimum Gasteiger partial charge on any atom is -0.369 e. The minimum atomic E-state index is -3.68. The Balaban J connectivity index is 1.29. The number of amidine groups is 2. The summed E-state index contributed by atoms with van der Waals surface area (Å²) in [6, 6.07) is 13.0. The van der Waals surface area contributed by atoms with E-state index >= 15 is 0 Å². The molecule has 1 fully saturated rings. The maximum Gasteiger partial charge on any atom is 0.352 e. The number of fused-ring (bicyclic) bond motifs is 1. The van der Waals surface area contributed by atoms with Crippen molar-refractivity contribution in [3.8, 4) is 0 Å². The van der Waals surface area contributed by atoms with Crippen LogP contribution >= 0.6 is 11.6 Å². The van der Waals surface area contributed by atoms with Crippen molar-refractivity contribution in [2.75, 3.05) is 37.6 Å². The summed E-state index contributed by atoms with van der Waals surface area (Å²) in [7, 11) is -3.68. The van der Waals surface area contributed by atoms with Gasteiger partial charge >= 0.3 is 6.03 Å². The predicted octanol–water partition coefficient (Wildman–Crippen LogP) is 2.82. The molecule has 1 saturated heterocycles. The lowest BCUT2D eigenvalue weighted by molar-refractivity contribution is -0.121. The molecular weight excluding hydrogens is 504 g/mol. The van der Waals surface area contributed by atoms with Gasteiger partial charge in [-0.2, -0.15) is 9.30 Å². The Kier molecular flexibility index (Phi) is 6.45. The molecule has 3 amide bonds. The molecule has 0 radical (unpaired) electrons. The van der Waals surface area contributed by atoms with Crippen LogP contribution < -0.4 is 4.90 Å². The number of sulfonamides is 1. The molecular formula is C24H23ClN6O4S. The number of carbonyl (C=O) groups is 2. The Hall–Kier alpha value is -3.41. The number of piperazine rings is 1. The summed E-state index contributed by atoms with van der Waals surface area (Å²) in [5, 5.41) is 0.656. The van der Waals surface area contributed by atoms with Gasteiger partial charge in [-0.3, -0.25) is 9.69 Å². The van der Waals surface area contributed by atoms with E-state index < -0.39 is 22.0 Å². The molecule has 0 atom stereocenters. The highest BCUT2D eigenvalue weighted by atomic mass is 35.5. The summed E-state index contributed by atoms with van der Waals surface area (Å²) in [4.78, 5) is 40.4. The van der Waals surface area contributed by atoms with Crippen molar-refractivity contribution in [1.29, 1.82) is 0 Å². The summed E-state index contributed by atoms with van der Waals surface area (Å²) < 4.78 is 27.9. The van der Waals surface area contributed by atoms with Crippen LogP contribution in [-0.4, -0.2) is 79.7 Å². The van der Waals surface area contributed by atoms with Crippen molar-refractivity contribution in [3.63, 3.8) is 0 Å². The van der Waals surface area contributed by atoms with Crippen LogP contribution in [0.2, 0.25) is 5.02 Å². The number of aliphatic imine (C=N–C) groups is 3. The number of imide groups is 1. The molecule has 3 heterocycles. The van der Waals surface area contributed by atoms with Crippen molar-refractivity contribution >= 4 is 56.6 Å². The second-order valence-electron chi connectivity index (χ2n) is 8.46. The van der Waals surface area contributed by atoms with Crippen molar-refractivity contribution in [1.82, 2.24) is 9.21 Å². The molecule has 3 aliphatic heterocycles. The van der Waals surface area contributed by atoms with Gasteiger partial charge < -0.3 is 4.90 Å². The monoisotopic (exact) mass is 526 g/mol. The summed E-state index contributed by atoms with van der Waals surface area (Å²) >= 11 is 5.96. The Morgan fingerprint density at radius 2 is 1.53 bits per heavy atom. The van der Waals surface area contributed by atoms with Gasteiger partial charge in [0.05, 0.1) is 4.90 Å². The van der Waals surface area contributed by atoms with Crippen LogP contribution in [0.3, 0.4) is 0 Å². The fraction of sp³-hybridized carbons (Fsp3) is 0.292. The number of halogens is 1. The number of anilines is 1. The third-order valence-corrected chi connectivity index (χ3v) is 8.31. The van der Waals surface area contributed by atoms with Crippen LogP contribution in [0.15, 0.2) is 68.4 Å². The number of amides is 3. The zero-order chi connectivity index (χ0) is 25.4. The summed E-state index contributed by atoms with van der Waals surface area (Å²) in [6.07, 6.45) is 0.607. The van der Waals surface area contributed by atoms with Crippen LogP contribution in [0.25, 0.3) is 0 Å². The van der Waals surface area contributed by atoms with Gasteiger partial charge in [-0.05, 0) is 55.0 Å². The van der Waals surface area contributed by atoms with Crippen LogP contribution in [0.1, 0.15) is 18.9 Å². The SMILES string of the molecule is CCCN1C(=O)N=C2N=C(c3ccc(S(=O)(=O)N4CCN(c5ccc(Cl)cc5)CC4)cc3)N=C2C1=O. The average Bonchev–Trinajstić information content (AvgIpc) is 3.31. The molecule has 0 unspecified atom stereocenters. The molecule has 0 bridgehead atoms. The molecule has 0 saturated carbocycles. The standard InChI is InChI=1S/C24H23ClN6O4S/c1-2-11-31-23(32)20-22(28-24(31)33)27-21(26-20)16-3-9-19(10-4-16)36(34,35)30-14-12-29(13-15-30)18-7-5-17(25)6-8-18/h3-10H,2,11-15H2,1H3. The fourth-order valence-electron chi connectivity index (χ4n) is 4.23. The van der Waals surface area contributed by atoms with E-state index in [0.717, 1.165) is 10.6 Å². The quantitative estimate of drug-likeness (QED) is 0.574. The number of benzene rings is 2. The summed E-state index contributed by atoms with van der Waals surface area (Å²) in [5.41, 5.74) is 1.55. The maximum atomic E-state index is 13.2. The molecule has 186 valence electrons. The number of hydrogen-bond donors (Lipinski definition) is 0. The zero-order valence-electron chi connectivity index (χ0n) is 19.5. The molecule has 2 aromatic carbocycles. The van der Waals surface area contributed by atoms with Gasteiger partial charge in [0.25, 0.3) is 5.91 Å². The Morgan fingerprint density at radius 1 is 0.861 bits per heavy atom. The summed E-state index contributed by atoms with van der Waals surface area (Å²) in [5.74, 6) is -0.325. The van der Waals surface area contributed by atoms with Crippen molar-refractivity contribution < 1.29 is 18.0 Å². The minimum absolute atomic E-state index is 0.0115. The van der Waals surface area contributed by atoms with Gasteiger partial charge in [0.1, 0.15) is 0 Å². The molecule has 12 heteroatoms. The van der Waals surface area contributed by atoms with Gasteiger partial charge in [0, 0.05) is 49.0 Å². The topological polar surface area (TPSA) is 115 Å². The second kappa shape index (κ2) is 9.57. The van der Waals surface area contributed by atoms with E-state index in [1.165, 1.54) is 16.4 Å². The molecule has 0 aromatic heterocycles. The largest absolute Gasteiger partial charge is 0.369 e. The predicted molar refractivity (Wildman–Crippen MR) is 138 cm³/mol. The molecule has 2 aromatic rings. The lowest BCUT2D eigenvalue weighted by Crippen LogP contribution is -2.48. The number of rotatable bonds is 6. The van der Waals surface area contributed by atoms with Gasteiger partial charge in [0.2, 0.25) is 10.0 Å². The van der Waals surface area contributed by atoms with E-state index in [1.54, 1.807) is 12.1 Å². The van der Waals surface area contributed by atoms with Crippen molar-refractivity contribution in [2.45, 2.75) is 18.2 Å².